The average Bonchev–Trinajstić information content (AvgIpc) is 1.99. The Morgan fingerprint density at radius 3 is 1.50 bits per heavy atom. The lowest BCUT2D eigenvalue weighted by molar-refractivity contribution is -0.324. The van der Waals surface area contributed by atoms with E-state index in [0.717, 1.165) is 0 Å². The zero-order valence-electron chi connectivity index (χ0n) is 5.94. The molecule has 0 spiro atoms. The maximum absolute atomic E-state index is 9.91. The predicted octanol–water partition coefficient (Wildman–Crippen LogP) is 0.109. The number of hydrogen-bond donors (Lipinski definition) is 0. The summed E-state index contributed by atoms with van der Waals surface area (Å²) in [5, 5.41) is 0. The van der Waals surface area contributed by atoms with Crippen molar-refractivity contribution in [1.29, 1.82) is 0 Å². The third-order valence-electron chi connectivity index (χ3n) is 0.742. The smallest absolute Gasteiger partial charge is 0.151 e. The van der Waals surface area contributed by atoms with E-state index in [-0.39, 0.29) is 0 Å². The van der Waals surface area contributed by atoms with Gasteiger partial charge in [-0.15, -0.1) is 0 Å². The molecule has 0 aromatic carbocycles. The molecule has 0 bridgehead atoms. The van der Waals surface area contributed by atoms with Crippen LogP contribution in [0.25, 0.3) is 0 Å². The average molecular weight is 146 g/mol. The second-order valence-corrected chi connectivity index (χ2v) is 1.87. The van der Waals surface area contributed by atoms with Crippen LogP contribution in [-0.4, -0.2) is 24.8 Å². The van der Waals surface area contributed by atoms with Crippen molar-refractivity contribution in [2.45, 2.75) is 26.1 Å². The van der Waals surface area contributed by atoms with Gasteiger partial charge in [-0.3, -0.25) is 0 Å². The van der Waals surface area contributed by atoms with Crippen LogP contribution in [-0.2, 0) is 19.4 Å². The zero-order chi connectivity index (χ0) is 7.98. The topological polar surface area (TPSA) is 52.6 Å². The Labute approximate surface area is 59.0 Å². The van der Waals surface area contributed by atoms with Gasteiger partial charge in [-0.1, -0.05) is 0 Å². The standard InChI is InChI=1S/C6H10O4/c1-5(3-7)9-10-6(2)4-8/h3-6H,1-2H3. The number of aldehydes is 2. The van der Waals surface area contributed by atoms with Crippen LogP contribution in [0.15, 0.2) is 0 Å². The Morgan fingerprint density at radius 1 is 1.00 bits per heavy atom. The number of carbonyl (C=O) groups is 2. The second-order valence-electron chi connectivity index (χ2n) is 1.87. The van der Waals surface area contributed by atoms with Crippen molar-refractivity contribution in [3.05, 3.63) is 0 Å². The van der Waals surface area contributed by atoms with E-state index in [9.17, 15) is 9.59 Å². The van der Waals surface area contributed by atoms with Gasteiger partial charge < -0.3 is 9.59 Å². The van der Waals surface area contributed by atoms with Gasteiger partial charge in [0, 0.05) is 0 Å². The summed E-state index contributed by atoms with van der Waals surface area (Å²) in [6, 6.07) is 0. The minimum atomic E-state index is -0.623. The highest BCUT2D eigenvalue weighted by molar-refractivity contribution is 5.55. The SMILES string of the molecule is CC(C=O)OOC(C)C=O. The van der Waals surface area contributed by atoms with Crippen LogP contribution in [0.1, 0.15) is 13.8 Å². The van der Waals surface area contributed by atoms with Gasteiger partial charge in [0.25, 0.3) is 0 Å². The molecule has 0 radical (unpaired) electrons. The minimum absolute atomic E-state index is 0.581. The first-order valence-corrected chi connectivity index (χ1v) is 2.93. The summed E-state index contributed by atoms with van der Waals surface area (Å²) in [6.45, 7) is 3.04. The summed E-state index contributed by atoms with van der Waals surface area (Å²) < 4.78 is 0. The van der Waals surface area contributed by atoms with E-state index >= 15 is 0 Å². The lowest BCUT2D eigenvalue weighted by atomic mass is 10.5. The van der Waals surface area contributed by atoms with Crippen LogP contribution in [0.2, 0.25) is 0 Å². The highest BCUT2D eigenvalue weighted by Crippen LogP contribution is 1.91. The second kappa shape index (κ2) is 5.08. The van der Waals surface area contributed by atoms with Gasteiger partial charge >= 0.3 is 0 Å². The van der Waals surface area contributed by atoms with Crippen molar-refractivity contribution in [3.63, 3.8) is 0 Å². The number of rotatable bonds is 5. The molecule has 0 aromatic heterocycles. The van der Waals surface area contributed by atoms with Crippen molar-refractivity contribution >= 4 is 12.6 Å². The summed E-state index contributed by atoms with van der Waals surface area (Å²) >= 11 is 0. The maximum atomic E-state index is 9.91. The predicted molar refractivity (Wildman–Crippen MR) is 33.2 cm³/mol. The van der Waals surface area contributed by atoms with E-state index in [4.69, 9.17) is 0 Å². The van der Waals surface area contributed by atoms with Crippen LogP contribution < -0.4 is 0 Å². The molecule has 4 heteroatoms. The molecule has 0 aliphatic rings. The highest BCUT2D eigenvalue weighted by Gasteiger charge is 2.03. The summed E-state index contributed by atoms with van der Waals surface area (Å²) in [5.74, 6) is 0. The van der Waals surface area contributed by atoms with E-state index in [1.807, 2.05) is 0 Å². The Kier molecular flexibility index (Phi) is 4.70. The number of hydrogen-bond acceptors (Lipinski definition) is 4. The van der Waals surface area contributed by atoms with E-state index in [2.05, 4.69) is 9.78 Å². The summed E-state index contributed by atoms with van der Waals surface area (Å²) in [7, 11) is 0. The molecule has 0 aromatic rings. The fourth-order valence-electron chi connectivity index (χ4n) is 0.221. The van der Waals surface area contributed by atoms with Crippen LogP contribution in [0, 0.1) is 0 Å². The van der Waals surface area contributed by atoms with E-state index < -0.39 is 12.2 Å². The van der Waals surface area contributed by atoms with Crippen LogP contribution in [0.4, 0.5) is 0 Å². The van der Waals surface area contributed by atoms with Gasteiger partial charge in [-0.25, -0.2) is 9.78 Å². The molecular formula is C6H10O4. The molecule has 0 rings (SSSR count). The van der Waals surface area contributed by atoms with Crippen molar-refractivity contribution in [1.82, 2.24) is 0 Å². The molecule has 0 fully saturated rings. The molecule has 10 heavy (non-hydrogen) atoms. The fraction of sp³-hybridized carbons (Fsp3) is 0.667. The Morgan fingerprint density at radius 2 is 1.30 bits per heavy atom. The highest BCUT2D eigenvalue weighted by atomic mass is 17.2. The van der Waals surface area contributed by atoms with Crippen LogP contribution in [0.3, 0.4) is 0 Å². The Hall–Kier alpha value is -0.740. The fourth-order valence-corrected chi connectivity index (χ4v) is 0.221. The molecule has 0 N–H and O–H groups in total. The minimum Gasteiger partial charge on any atom is -0.300 e. The molecule has 0 amide bonds. The molecule has 2 atom stereocenters. The molecule has 0 saturated heterocycles. The largest absolute Gasteiger partial charge is 0.300 e. The van der Waals surface area contributed by atoms with Crippen molar-refractivity contribution in [3.8, 4) is 0 Å². The molecule has 2 unspecified atom stereocenters. The van der Waals surface area contributed by atoms with Crippen LogP contribution in [0.5, 0.6) is 0 Å². The summed E-state index contributed by atoms with van der Waals surface area (Å²) in [4.78, 5) is 28.7. The summed E-state index contributed by atoms with van der Waals surface area (Å²) in [5.41, 5.74) is 0. The van der Waals surface area contributed by atoms with Crippen LogP contribution >= 0.6 is 0 Å². The lowest BCUT2D eigenvalue weighted by Gasteiger charge is -2.06. The molecule has 0 saturated carbocycles. The van der Waals surface area contributed by atoms with Crippen molar-refractivity contribution in [2.75, 3.05) is 0 Å². The first kappa shape index (κ1) is 9.26. The zero-order valence-corrected chi connectivity index (χ0v) is 5.94. The first-order chi connectivity index (χ1) is 4.70. The van der Waals surface area contributed by atoms with Crippen molar-refractivity contribution < 1.29 is 19.4 Å². The molecule has 58 valence electrons. The molecule has 0 heterocycles. The third kappa shape index (κ3) is 4.17. The lowest BCUT2D eigenvalue weighted by Crippen LogP contribution is -2.16. The van der Waals surface area contributed by atoms with Gasteiger partial charge in [-0.05, 0) is 13.8 Å². The quantitative estimate of drug-likeness (QED) is 0.314. The molecule has 0 aliphatic carbocycles. The van der Waals surface area contributed by atoms with E-state index in [1.54, 1.807) is 0 Å². The number of carbonyl (C=O) groups excluding carboxylic acids is 2. The van der Waals surface area contributed by atoms with Gasteiger partial charge in [0.1, 0.15) is 12.2 Å². The molecule has 0 aliphatic heterocycles. The van der Waals surface area contributed by atoms with Gasteiger partial charge in [0.2, 0.25) is 0 Å². The first-order valence-electron chi connectivity index (χ1n) is 2.93. The van der Waals surface area contributed by atoms with Crippen molar-refractivity contribution in [2.24, 2.45) is 0 Å². The normalized spacial score (nSPS) is 15.8. The van der Waals surface area contributed by atoms with Gasteiger partial charge in [0.05, 0.1) is 0 Å². The van der Waals surface area contributed by atoms with Gasteiger partial charge in [-0.2, -0.15) is 0 Å². The maximum Gasteiger partial charge on any atom is 0.151 e. The summed E-state index contributed by atoms with van der Waals surface area (Å²) in [6.07, 6.45) is -0.0838. The van der Waals surface area contributed by atoms with Gasteiger partial charge in [0.15, 0.2) is 12.6 Å². The third-order valence-corrected chi connectivity index (χ3v) is 0.742. The van der Waals surface area contributed by atoms with E-state index in [1.165, 1.54) is 13.8 Å². The monoisotopic (exact) mass is 146 g/mol. The van der Waals surface area contributed by atoms with E-state index in [0.29, 0.717) is 12.6 Å². The molecular weight excluding hydrogens is 136 g/mol. The molecule has 4 nitrogen and oxygen atoms in total. The Balaban J connectivity index is 3.34. The Bertz CT molecular complexity index is 98.3.